The molecule has 1 aromatic heterocycles. The van der Waals surface area contributed by atoms with Gasteiger partial charge in [0, 0.05) is 10.4 Å². The van der Waals surface area contributed by atoms with Crippen LogP contribution in [-0.2, 0) is 9.53 Å². The van der Waals surface area contributed by atoms with Crippen LogP contribution < -0.4 is 4.74 Å². The Bertz CT molecular complexity index is 730. The van der Waals surface area contributed by atoms with Gasteiger partial charge in [-0.2, -0.15) is 0 Å². The lowest BCUT2D eigenvalue weighted by Crippen LogP contribution is -2.05. The topological polar surface area (TPSA) is 47.9 Å². The summed E-state index contributed by atoms with van der Waals surface area (Å²) in [5.74, 6) is 0.719. The van der Waals surface area contributed by atoms with E-state index in [1.165, 1.54) is 0 Å². The van der Waals surface area contributed by atoms with Crippen LogP contribution in [0.1, 0.15) is 30.2 Å². The van der Waals surface area contributed by atoms with E-state index >= 15 is 0 Å². The number of hydrogen-bond donors (Lipinski definition) is 0. The second-order valence-electron chi connectivity index (χ2n) is 5.08. The number of esters is 1. The molecule has 0 saturated carbocycles. The molecule has 0 unspecified atom stereocenters. The summed E-state index contributed by atoms with van der Waals surface area (Å²) in [7, 11) is 0. The Morgan fingerprint density at radius 3 is 2.78 bits per heavy atom. The lowest BCUT2D eigenvalue weighted by atomic mass is 10.2. The van der Waals surface area contributed by atoms with E-state index in [1.54, 1.807) is 17.4 Å². The Kier molecular flexibility index (Phi) is 4.88. The van der Waals surface area contributed by atoms with Crippen molar-refractivity contribution in [2.24, 2.45) is 4.99 Å². The van der Waals surface area contributed by atoms with Gasteiger partial charge in [-0.25, -0.2) is 9.79 Å². The molecule has 0 saturated heterocycles. The molecular weight excluding hydrogens is 310 g/mol. The smallest absolute Gasteiger partial charge is 0.363 e. The molecule has 1 aliphatic heterocycles. The van der Waals surface area contributed by atoms with Crippen LogP contribution >= 0.6 is 11.3 Å². The van der Waals surface area contributed by atoms with Gasteiger partial charge in [-0.05, 0) is 48.2 Å². The molecule has 0 bridgehead atoms. The van der Waals surface area contributed by atoms with E-state index < -0.39 is 5.97 Å². The maximum atomic E-state index is 11.9. The van der Waals surface area contributed by atoms with Crippen LogP contribution in [0.3, 0.4) is 0 Å². The molecule has 0 N–H and O–H groups in total. The molecule has 2 heterocycles. The third-order valence-electron chi connectivity index (χ3n) is 3.31. The van der Waals surface area contributed by atoms with Gasteiger partial charge in [-0.3, -0.25) is 0 Å². The van der Waals surface area contributed by atoms with E-state index in [1.807, 2.05) is 41.8 Å². The van der Waals surface area contributed by atoms with Crippen LogP contribution in [0.4, 0.5) is 0 Å². The maximum absolute atomic E-state index is 11.9. The number of benzene rings is 1. The lowest BCUT2D eigenvalue weighted by Gasteiger charge is -2.05. The summed E-state index contributed by atoms with van der Waals surface area (Å²) in [5, 5.41) is 1.95. The Labute approximate surface area is 139 Å². The highest BCUT2D eigenvalue weighted by Crippen LogP contribution is 2.22. The molecule has 3 rings (SSSR count). The molecule has 1 aromatic carbocycles. The van der Waals surface area contributed by atoms with Crippen LogP contribution in [-0.4, -0.2) is 18.5 Å². The number of nitrogens with zero attached hydrogens (tertiary/aromatic N) is 1. The number of cyclic esters (lactones) is 1. The van der Waals surface area contributed by atoms with Crippen LogP contribution in [0, 0.1) is 0 Å². The first-order chi connectivity index (χ1) is 11.3. The van der Waals surface area contributed by atoms with Crippen molar-refractivity contribution in [1.82, 2.24) is 0 Å². The van der Waals surface area contributed by atoms with Crippen molar-refractivity contribution in [3.63, 3.8) is 0 Å². The van der Waals surface area contributed by atoms with Gasteiger partial charge in [0.15, 0.2) is 5.70 Å². The molecule has 4 nitrogen and oxygen atoms in total. The summed E-state index contributed by atoms with van der Waals surface area (Å²) in [6.45, 7) is 2.83. The fraction of sp³-hybridized carbons (Fsp3) is 0.222. The standard InChI is InChI=1S/C18H17NO3S/c1-2-3-10-21-14-8-6-13(7-9-14)17-19-16(18(20)22-17)12-15-5-4-11-23-15/h4-9,11-12H,2-3,10H2,1H3/b16-12-. The SMILES string of the molecule is CCCCOc1ccc(C2=N/C(=C\c3cccs3)C(=O)O2)cc1. The summed E-state index contributed by atoms with van der Waals surface area (Å²) in [6.07, 6.45) is 3.87. The van der Waals surface area contributed by atoms with Gasteiger partial charge in [0.1, 0.15) is 5.75 Å². The summed E-state index contributed by atoms with van der Waals surface area (Å²) in [6, 6.07) is 11.3. The largest absolute Gasteiger partial charge is 0.494 e. The minimum Gasteiger partial charge on any atom is -0.494 e. The minimum absolute atomic E-state index is 0.325. The van der Waals surface area contributed by atoms with Gasteiger partial charge >= 0.3 is 5.97 Å². The van der Waals surface area contributed by atoms with Crippen molar-refractivity contribution < 1.29 is 14.3 Å². The van der Waals surface area contributed by atoms with E-state index in [0.29, 0.717) is 18.2 Å². The zero-order valence-electron chi connectivity index (χ0n) is 12.8. The quantitative estimate of drug-likeness (QED) is 0.452. The van der Waals surface area contributed by atoms with Gasteiger partial charge in [0.2, 0.25) is 5.90 Å². The van der Waals surface area contributed by atoms with E-state index in [0.717, 1.165) is 29.0 Å². The number of aliphatic imine (C=N–C) groups is 1. The molecule has 0 atom stereocenters. The summed E-state index contributed by atoms with van der Waals surface area (Å²) in [5.41, 5.74) is 1.08. The first-order valence-corrected chi connectivity index (χ1v) is 8.43. The van der Waals surface area contributed by atoms with E-state index in [4.69, 9.17) is 9.47 Å². The van der Waals surface area contributed by atoms with Gasteiger partial charge in [-0.15, -0.1) is 11.3 Å². The fourth-order valence-corrected chi connectivity index (χ4v) is 2.72. The Morgan fingerprint density at radius 2 is 2.09 bits per heavy atom. The lowest BCUT2D eigenvalue weighted by molar-refractivity contribution is -0.129. The molecule has 2 aromatic rings. The average Bonchev–Trinajstić information content (AvgIpc) is 3.19. The zero-order chi connectivity index (χ0) is 16.1. The average molecular weight is 327 g/mol. The minimum atomic E-state index is -0.420. The highest BCUT2D eigenvalue weighted by molar-refractivity contribution is 7.10. The normalized spacial score (nSPS) is 15.6. The van der Waals surface area contributed by atoms with Crippen LogP contribution in [0.25, 0.3) is 6.08 Å². The van der Waals surface area contributed by atoms with Crippen LogP contribution in [0.5, 0.6) is 5.75 Å². The molecule has 0 fully saturated rings. The van der Waals surface area contributed by atoms with Gasteiger partial charge in [-0.1, -0.05) is 19.4 Å². The van der Waals surface area contributed by atoms with Gasteiger partial charge in [0.25, 0.3) is 0 Å². The first kappa shape index (κ1) is 15.5. The summed E-state index contributed by atoms with van der Waals surface area (Å²) < 4.78 is 10.9. The van der Waals surface area contributed by atoms with Crippen molar-refractivity contribution in [2.75, 3.05) is 6.61 Å². The molecule has 0 amide bonds. The number of rotatable bonds is 6. The number of ether oxygens (including phenoxy) is 2. The third-order valence-corrected chi connectivity index (χ3v) is 4.13. The van der Waals surface area contributed by atoms with Crippen LogP contribution in [0.2, 0.25) is 0 Å². The van der Waals surface area contributed by atoms with E-state index in [9.17, 15) is 4.79 Å². The molecule has 118 valence electrons. The Morgan fingerprint density at radius 1 is 1.26 bits per heavy atom. The molecule has 1 aliphatic rings. The van der Waals surface area contributed by atoms with Crippen molar-refractivity contribution in [1.29, 1.82) is 0 Å². The predicted octanol–water partition coefficient (Wildman–Crippen LogP) is 4.27. The fourth-order valence-electron chi connectivity index (χ4n) is 2.07. The summed E-state index contributed by atoms with van der Waals surface area (Å²) in [4.78, 5) is 17.2. The van der Waals surface area contributed by atoms with Gasteiger partial charge < -0.3 is 9.47 Å². The highest BCUT2D eigenvalue weighted by Gasteiger charge is 2.24. The number of thiophene rings is 1. The zero-order valence-corrected chi connectivity index (χ0v) is 13.6. The van der Waals surface area contributed by atoms with Crippen molar-refractivity contribution in [2.45, 2.75) is 19.8 Å². The molecule has 0 aliphatic carbocycles. The van der Waals surface area contributed by atoms with Crippen LogP contribution in [0.15, 0.2) is 52.5 Å². The molecule has 0 radical (unpaired) electrons. The number of carbonyl (C=O) groups is 1. The monoisotopic (exact) mass is 327 g/mol. The van der Waals surface area contributed by atoms with Crippen molar-refractivity contribution >= 4 is 29.3 Å². The second-order valence-corrected chi connectivity index (χ2v) is 6.06. The molecule has 0 spiro atoms. The highest BCUT2D eigenvalue weighted by atomic mass is 32.1. The Hall–Kier alpha value is -2.40. The maximum Gasteiger partial charge on any atom is 0.363 e. The van der Waals surface area contributed by atoms with Gasteiger partial charge in [0.05, 0.1) is 6.61 Å². The van der Waals surface area contributed by atoms with E-state index in [-0.39, 0.29) is 0 Å². The van der Waals surface area contributed by atoms with Crippen molar-refractivity contribution in [3.05, 3.63) is 57.9 Å². The Balaban J connectivity index is 1.73. The first-order valence-electron chi connectivity index (χ1n) is 7.55. The van der Waals surface area contributed by atoms with Crippen molar-refractivity contribution in [3.8, 4) is 5.75 Å². The molecular formula is C18H17NO3S. The second kappa shape index (κ2) is 7.24. The third kappa shape index (κ3) is 3.87. The summed E-state index contributed by atoms with van der Waals surface area (Å²) >= 11 is 1.55. The number of unbranched alkanes of at least 4 members (excludes halogenated alkanes) is 1. The predicted molar refractivity (Wildman–Crippen MR) is 91.8 cm³/mol. The molecule has 23 heavy (non-hydrogen) atoms. The van der Waals surface area contributed by atoms with E-state index in [2.05, 4.69) is 11.9 Å². The molecule has 5 heteroatoms. The number of carbonyl (C=O) groups excluding carboxylic acids is 1. The number of hydrogen-bond acceptors (Lipinski definition) is 5.